The van der Waals surface area contributed by atoms with Gasteiger partial charge in [0.2, 0.25) is 5.78 Å². The molecule has 0 radical (unpaired) electrons. The van der Waals surface area contributed by atoms with Gasteiger partial charge >= 0.3 is 0 Å². The van der Waals surface area contributed by atoms with Gasteiger partial charge in [0.1, 0.15) is 5.69 Å². The lowest BCUT2D eigenvalue weighted by atomic mass is 10.2. The summed E-state index contributed by atoms with van der Waals surface area (Å²) in [6.07, 6.45) is 3.44. The second-order valence-corrected chi connectivity index (χ2v) is 3.66. The molecule has 0 bridgehead atoms. The Labute approximate surface area is 93.7 Å². The van der Waals surface area contributed by atoms with Gasteiger partial charge in [-0.3, -0.25) is 9.48 Å². The third kappa shape index (κ3) is 1.64. The van der Waals surface area contributed by atoms with Gasteiger partial charge in [-0.05, 0) is 19.9 Å². The second kappa shape index (κ2) is 3.92. The van der Waals surface area contributed by atoms with Crippen LogP contribution in [0.4, 0.5) is 0 Å². The van der Waals surface area contributed by atoms with Crippen LogP contribution in [0.5, 0.6) is 0 Å². The predicted molar refractivity (Wildman–Crippen MR) is 59.3 cm³/mol. The van der Waals surface area contributed by atoms with Crippen molar-refractivity contribution in [1.82, 2.24) is 19.3 Å². The molecule has 0 aliphatic heterocycles. The van der Waals surface area contributed by atoms with Crippen LogP contribution < -0.4 is 0 Å². The van der Waals surface area contributed by atoms with E-state index in [1.807, 2.05) is 18.4 Å². The van der Waals surface area contributed by atoms with Crippen molar-refractivity contribution in [2.45, 2.75) is 20.4 Å². The maximum Gasteiger partial charge on any atom is 0.246 e. The monoisotopic (exact) mass is 218 g/mol. The number of nitrogens with zero attached hydrogens (tertiary/aromatic N) is 4. The standard InChI is InChI=1S/C11H14N4O/c1-4-15-6-5-12-11(15)10(16)9-7-8(2)13-14(9)3/h5-7H,4H2,1-3H3. The molecular formula is C11H14N4O. The SMILES string of the molecule is CCn1ccnc1C(=O)c1cc(C)nn1C. The quantitative estimate of drug-likeness (QED) is 0.727. The van der Waals surface area contributed by atoms with E-state index < -0.39 is 0 Å². The first kappa shape index (κ1) is 10.6. The van der Waals surface area contributed by atoms with E-state index in [0.717, 1.165) is 12.2 Å². The number of carbonyl (C=O) groups is 1. The number of aryl methyl sites for hydroxylation is 3. The Kier molecular flexibility index (Phi) is 2.60. The van der Waals surface area contributed by atoms with Crippen molar-refractivity contribution in [3.05, 3.63) is 35.7 Å². The first-order valence-corrected chi connectivity index (χ1v) is 5.20. The molecule has 0 atom stereocenters. The highest BCUT2D eigenvalue weighted by atomic mass is 16.1. The molecule has 0 aliphatic carbocycles. The van der Waals surface area contributed by atoms with Crippen LogP contribution in [0.3, 0.4) is 0 Å². The highest BCUT2D eigenvalue weighted by molar-refractivity contribution is 6.05. The van der Waals surface area contributed by atoms with Gasteiger partial charge in [-0.15, -0.1) is 0 Å². The van der Waals surface area contributed by atoms with Gasteiger partial charge in [0.25, 0.3) is 0 Å². The molecule has 2 aromatic heterocycles. The maximum atomic E-state index is 12.2. The highest BCUT2D eigenvalue weighted by Crippen LogP contribution is 2.09. The molecular weight excluding hydrogens is 204 g/mol. The van der Waals surface area contributed by atoms with E-state index in [1.165, 1.54) is 0 Å². The molecule has 5 heteroatoms. The number of aromatic nitrogens is 4. The average Bonchev–Trinajstić information content (AvgIpc) is 2.83. The van der Waals surface area contributed by atoms with Crippen LogP contribution in [-0.2, 0) is 13.6 Å². The molecule has 5 nitrogen and oxygen atoms in total. The molecule has 0 spiro atoms. The Morgan fingerprint density at radius 1 is 1.50 bits per heavy atom. The van der Waals surface area contributed by atoms with Crippen molar-refractivity contribution in [2.75, 3.05) is 0 Å². The molecule has 2 aromatic rings. The number of hydrogen-bond donors (Lipinski definition) is 0. The maximum absolute atomic E-state index is 12.2. The molecule has 0 aliphatic rings. The topological polar surface area (TPSA) is 52.7 Å². The lowest BCUT2D eigenvalue weighted by Gasteiger charge is -2.03. The zero-order chi connectivity index (χ0) is 11.7. The Balaban J connectivity index is 2.43. The zero-order valence-corrected chi connectivity index (χ0v) is 9.64. The summed E-state index contributed by atoms with van der Waals surface area (Å²) in [6, 6.07) is 1.77. The van der Waals surface area contributed by atoms with Crippen molar-refractivity contribution in [1.29, 1.82) is 0 Å². The first-order valence-electron chi connectivity index (χ1n) is 5.20. The van der Waals surface area contributed by atoms with Gasteiger partial charge in [-0.2, -0.15) is 5.10 Å². The Morgan fingerprint density at radius 2 is 2.25 bits per heavy atom. The van der Waals surface area contributed by atoms with Gasteiger partial charge in [0.15, 0.2) is 5.82 Å². The minimum absolute atomic E-state index is 0.0880. The fourth-order valence-corrected chi connectivity index (χ4v) is 1.71. The van der Waals surface area contributed by atoms with Crippen LogP contribution in [0.1, 0.15) is 28.9 Å². The lowest BCUT2D eigenvalue weighted by molar-refractivity contribution is 0.101. The minimum Gasteiger partial charge on any atom is -0.328 e. The molecule has 0 saturated carbocycles. The zero-order valence-electron chi connectivity index (χ0n) is 9.64. The summed E-state index contributed by atoms with van der Waals surface area (Å²) >= 11 is 0. The van der Waals surface area contributed by atoms with Crippen molar-refractivity contribution in [3.63, 3.8) is 0 Å². The number of rotatable bonds is 3. The Bertz CT molecular complexity index is 524. The van der Waals surface area contributed by atoms with Crippen molar-refractivity contribution in [2.24, 2.45) is 7.05 Å². The molecule has 0 amide bonds. The Hall–Kier alpha value is -1.91. The summed E-state index contributed by atoms with van der Waals surface area (Å²) in [5.41, 5.74) is 1.40. The van der Waals surface area contributed by atoms with Gasteiger partial charge < -0.3 is 4.57 Å². The van der Waals surface area contributed by atoms with E-state index in [0.29, 0.717) is 11.5 Å². The fraction of sp³-hybridized carbons (Fsp3) is 0.364. The molecule has 0 N–H and O–H groups in total. The van der Waals surface area contributed by atoms with E-state index in [9.17, 15) is 4.79 Å². The summed E-state index contributed by atoms with van der Waals surface area (Å²) < 4.78 is 3.41. The summed E-state index contributed by atoms with van der Waals surface area (Å²) in [5.74, 6) is 0.375. The molecule has 0 aromatic carbocycles. The van der Waals surface area contributed by atoms with Gasteiger partial charge in [0, 0.05) is 26.0 Å². The predicted octanol–water partition coefficient (Wildman–Crippen LogP) is 1.18. The third-order valence-corrected chi connectivity index (χ3v) is 2.49. The first-order chi connectivity index (χ1) is 7.63. The summed E-state index contributed by atoms with van der Waals surface area (Å²) in [5, 5.41) is 4.16. The number of imidazole rings is 1. The molecule has 0 unspecified atom stereocenters. The molecule has 0 fully saturated rings. The van der Waals surface area contributed by atoms with Crippen molar-refractivity contribution < 1.29 is 4.79 Å². The summed E-state index contributed by atoms with van der Waals surface area (Å²) in [6.45, 7) is 4.58. The van der Waals surface area contributed by atoms with Crippen LogP contribution in [0, 0.1) is 6.92 Å². The smallest absolute Gasteiger partial charge is 0.246 e. The fourth-order valence-electron chi connectivity index (χ4n) is 1.71. The van der Waals surface area contributed by atoms with E-state index in [2.05, 4.69) is 10.1 Å². The normalized spacial score (nSPS) is 10.7. The summed E-state index contributed by atoms with van der Waals surface area (Å²) in [4.78, 5) is 16.3. The largest absolute Gasteiger partial charge is 0.328 e. The molecule has 16 heavy (non-hydrogen) atoms. The second-order valence-electron chi connectivity index (χ2n) is 3.66. The highest BCUT2D eigenvalue weighted by Gasteiger charge is 2.18. The van der Waals surface area contributed by atoms with Crippen LogP contribution in [0.15, 0.2) is 18.5 Å². The van der Waals surface area contributed by atoms with Gasteiger partial charge in [-0.1, -0.05) is 0 Å². The van der Waals surface area contributed by atoms with E-state index in [1.54, 1.807) is 30.2 Å². The molecule has 0 saturated heterocycles. The van der Waals surface area contributed by atoms with E-state index in [4.69, 9.17) is 0 Å². The van der Waals surface area contributed by atoms with Crippen molar-refractivity contribution in [3.8, 4) is 0 Å². The average molecular weight is 218 g/mol. The van der Waals surface area contributed by atoms with E-state index in [-0.39, 0.29) is 5.78 Å². The Morgan fingerprint density at radius 3 is 2.81 bits per heavy atom. The minimum atomic E-state index is -0.0880. The molecule has 84 valence electrons. The molecule has 2 rings (SSSR count). The third-order valence-electron chi connectivity index (χ3n) is 2.49. The van der Waals surface area contributed by atoms with Crippen LogP contribution in [0.25, 0.3) is 0 Å². The number of ketones is 1. The summed E-state index contributed by atoms with van der Waals surface area (Å²) in [7, 11) is 1.76. The number of hydrogen-bond acceptors (Lipinski definition) is 3. The molecule has 2 heterocycles. The van der Waals surface area contributed by atoms with Crippen LogP contribution in [0.2, 0.25) is 0 Å². The van der Waals surface area contributed by atoms with Gasteiger partial charge in [-0.25, -0.2) is 4.98 Å². The van der Waals surface area contributed by atoms with Crippen LogP contribution in [-0.4, -0.2) is 25.1 Å². The van der Waals surface area contributed by atoms with Crippen LogP contribution >= 0.6 is 0 Å². The van der Waals surface area contributed by atoms with Crippen molar-refractivity contribution >= 4 is 5.78 Å². The number of carbonyl (C=O) groups excluding carboxylic acids is 1. The van der Waals surface area contributed by atoms with Gasteiger partial charge in [0.05, 0.1) is 5.69 Å². The van der Waals surface area contributed by atoms with E-state index >= 15 is 0 Å². The lowest BCUT2D eigenvalue weighted by Crippen LogP contribution is -2.14.